The van der Waals surface area contributed by atoms with Crippen molar-refractivity contribution in [1.29, 1.82) is 0 Å². The number of ether oxygens (including phenoxy) is 1. The van der Waals surface area contributed by atoms with E-state index in [1.165, 1.54) is 6.42 Å². The van der Waals surface area contributed by atoms with Gasteiger partial charge in [0.1, 0.15) is 6.10 Å². The molecule has 0 spiro atoms. The van der Waals surface area contributed by atoms with Crippen molar-refractivity contribution in [3.05, 3.63) is 29.8 Å². The van der Waals surface area contributed by atoms with Gasteiger partial charge in [-0.15, -0.1) is 0 Å². The average Bonchev–Trinajstić information content (AvgIpc) is 2.12. The molecule has 1 aromatic carbocycles. The summed E-state index contributed by atoms with van der Waals surface area (Å²) in [4.78, 5) is 11.5. The Hall–Kier alpha value is -1.51. The van der Waals surface area contributed by atoms with Gasteiger partial charge in [-0.05, 0) is 43.5 Å². The molecular formula is C11H13NO2. The summed E-state index contributed by atoms with van der Waals surface area (Å²) in [6.07, 6.45) is 3.31. The molecule has 0 atom stereocenters. The normalized spacial score (nSPS) is 16.0. The van der Waals surface area contributed by atoms with Crippen LogP contribution in [0.2, 0.25) is 0 Å². The highest BCUT2D eigenvalue weighted by Gasteiger charge is 2.22. The molecule has 1 aliphatic carbocycles. The van der Waals surface area contributed by atoms with Crippen LogP contribution in [0, 0.1) is 0 Å². The monoisotopic (exact) mass is 191 g/mol. The zero-order chi connectivity index (χ0) is 9.97. The van der Waals surface area contributed by atoms with Crippen LogP contribution in [0.3, 0.4) is 0 Å². The van der Waals surface area contributed by atoms with Gasteiger partial charge in [-0.1, -0.05) is 0 Å². The second-order valence-corrected chi connectivity index (χ2v) is 3.58. The number of hydrogen-bond donors (Lipinski definition) is 1. The fourth-order valence-corrected chi connectivity index (χ4v) is 1.33. The van der Waals surface area contributed by atoms with Crippen molar-refractivity contribution in [3.8, 4) is 0 Å². The number of nitrogens with two attached hydrogens (primary N) is 1. The van der Waals surface area contributed by atoms with E-state index in [0.29, 0.717) is 11.3 Å². The fraction of sp³-hybridized carbons (Fsp3) is 0.364. The summed E-state index contributed by atoms with van der Waals surface area (Å²) < 4.78 is 5.23. The van der Waals surface area contributed by atoms with Gasteiger partial charge < -0.3 is 10.5 Å². The summed E-state index contributed by atoms with van der Waals surface area (Å²) in [5.41, 5.74) is 6.75. The van der Waals surface area contributed by atoms with Gasteiger partial charge in [0.15, 0.2) is 0 Å². The van der Waals surface area contributed by atoms with Crippen LogP contribution >= 0.6 is 0 Å². The molecule has 1 saturated carbocycles. The average molecular weight is 191 g/mol. The van der Waals surface area contributed by atoms with E-state index in [1.807, 2.05) is 0 Å². The van der Waals surface area contributed by atoms with Gasteiger partial charge in [0.05, 0.1) is 5.56 Å². The topological polar surface area (TPSA) is 52.3 Å². The maximum atomic E-state index is 11.5. The van der Waals surface area contributed by atoms with Crippen LogP contribution in [0.25, 0.3) is 0 Å². The molecule has 0 aromatic heterocycles. The van der Waals surface area contributed by atoms with Crippen molar-refractivity contribution in [2.24, 2.45) is 0 Å². The molecule has 2 rings (SSSR count). The molecule has 0 radical (unpaired) electrons. The summed E-state index contributed by atoms with van der Waals surface area (Å²) >= 11 is 0. The summed E-state index contributed by atoms with van der Waals surface area (Å²) in [7, 11) is 0. The molecule has 3 nitrogen and oxygen atoms in total. The molecule has 1 aliphatic rings. The molecule has 1 fully saturated rings. The van der Waals surface area contributed by atoms with Crippen molar-refractivity contribution >= 4 is 11.7 Å². The van der Waals surface area contributed by atoms with Gasteiger partial charge in [0.25, 0.3) is 0 Å². The van der Waals surface area contributed by atoms with Gasteiger partial charge in [-0.2, -0.15) is 0 Å². The Labute approximate surface area is 82.9 Å². The minimum atomic E-state index is -0.241. The number of carbonyl (C=O) groups is 1. The van der Waals surface area contributed by atoms with Gasteiger partial charge in [0, 0.05) is 5.69 Å². The second kappa shape index (κ2) is 3.70. The Bertz CT molecular complexity index is 328. The van der Waals surface area contributed by atoms with Crippen LogP contribution in [-0.2, 0) is 4.74 Å². The molecule has 3 heteroatoms. The molecule has 2 N–H and O–H groups in total. The minimum absolute atomic E-state index is 0.139. The van der Waals surface area contributed by atoms with E-state index in [0.717, 1.165) is 12.8 Å². The lowest BCUT2D eigenvalue weighted by molar-refractivity contribution is 0.00901. The number of hydrogen-bond acceptors (Lipinski definition) is 3. The van der Waals surface area contributed by atoms with Crippen LogP contribution < -0.4 is 5.73 Å². The van der Waals surface area contributed by atoms with Crippen molar-refractivity contribution in [3.63, 3.8) is 0 Å². The lowest BCUT2D eigenvalue weighted by atomic mass is 9.96. The number of anilines is 1. The number of carbonyl (C=O) groups excluding carboxylic acids is 1. The molecule has 1 aromatic rings. The lowest BCUT2D eigenvalue weighted by Gasteiger charge is -2.25. The molecule has 0 aliphatic heterocycles. The molecule has 74 valence electrons. The Morgan fingerprint density at radius 2 is 1.93 bits per heavy atom. The van der Waals surface area contributed by atoms with E-state index in [4.69, 9.17) is 10.5 Å². The molecule has 14 heavy (non-hydrogen) atoms. The maximum Gasteiger partial charge on any atom is 0.338 e. The number of rotatable bonds is 2. The molecule has 0 heterocycles. The van der Waals surface area contributed by atoms with Gasteiger partial charge in [-0.3, -0.25) is 0 Å². The van der Waals surface area contributed by atoms with Crippen molar-refractivity contribution in [2.45, 2.75) is 25.4 Å². The van der Waals surface area contributed by atoms with Gasteiger partial charge in [0.2, 0.25) is 0 Å². The SMILES string of the molecule is Nc1ccc(C(=O)OC2CCC2)cc1. The third-order valence-electron chi connectivity index (χ3n) is 2.47. The van der Waals surface area contributed by atoms with Crippen LogP contribution in [0.15, 0.2) is 24.3 Å². The van der Waals surface area contributed by atoms with Crippen LogP contribution in [0.4, 0.5) is 5.69 Å². The zero-order valence-electron chi connectivity index (χ0n) is 7.90. The van der Waals surface area contributed by atoms with E-state index in [9.17, 15) is 4.79 Å². The van der Waals surface area contributed by atoms with E-state index >= 15 is 0 Å². The second-order valence-electron chi connectivity index (χ2n) is 3.58. The van der Waals surface area contributed by atoms with Crippen LogP contribution in [-0.4, -0.2) is 12.1 Å². The van der Waals surface area contributed by atoms with E-state index in [2.05, 4.69) is 0 Å². The highest BCUT2D eigenvalue weighted by molar-refractivity contribution is 5.89. The molecule has 0 saturated heterocycles. The van der Waals surface area contributed by atoms with Crippen molar-refractivity contribution < 1.29 is 9.53 Å². The van der Waals surface area contributed by atoms with Crippen molar-refractivity contribution in [1.82, 2.24) is 0 Å². The Morgan fingerprint density at radius 3 is 2.43 bits per heavy atom. The Morgan fingerprint density at radius 1 is 1.29 bits per heavy atom. The minimum Gasteiger partial charge on any atom is -0.459 e. The van der Waals surface area contributed by atoms with Gasteiger partial charge >= 0.3 is 5.97 Å². The summed E-state index contributed by atoms with van der Waals surface area (Å²) in [5, 5.41) is 0. The summed E-state index contributed by atoms with van der Waals surface area (Å²) in [6, 6.07) is 6.79. The number of benzene rings is 1. The predicted molar refractivity (Wildman–Crippen MR) is 53.9 cm³/mol. The fourth-order valence-electron chi connectivity index (χ4n) is 1.33. The Balaban J connectivity index is 1.99. The highest BCUT2D eigenvalue weighted by atomic mass is 16.5. The van der Waals surface area contributed by atoms with E-state index < -0.39 is 0 Å². The largest absolute Gasteiger partial charge is 0.459 e. The quantitative estimate of drug-likeness (QED) is 0.574. The highest BCUT2D eigenvalue weighted by Crippen LogP contribution is 2.23. The lowest BCUT2D eigenvalue weighted by Crippen LogP contribution is -2.25. The van der Waals surface area contributed by atoms with Gasteiger partial charge in [-0.25, -0.2) is 4.79 Å². The molecular weight excluding hydrogens is 178 g/mol. The third-order valence-corrected chi connectivity index (χ3v) is 2.47. The smallest absolute Gasteiger partial charge is 0.338 e. The number of nitrogen functional groups attached to an aromatic ring is 1. The van der Waals surface area contributed by atoms with Crippen molar-refractivity contribution in [2.75, 3.05) is 5.73 Å². The first-order valence-corrected chi connectivity index (χ1v) is 4.82. The van der Waals surface area contributed by atoms with Crippen LogP contribution in [0.1, 0.15) is 29.6 Å². The zero-order valence-corrected chi connectivity index (χ0v) is 7.90. The first-order valence-electron chi connectivity index (χ1n) is 4.82. The Kier molecular flexibility index (Phi) is 2.39. The molecule has 0 unspecified atom stereocenters. The molecule has 0 amide bonds. The van der Waals surface area contributed by atoms with Crippen LogP contribution in [0.5, 0.6) is 0 Å². The standard InChI is InChI=1S/C11H13NO2/c12-9-6-4-8(5-7-9)11(13)14-10-2-1-3-10/h4-7,10H,1-3,12H2. The summed E-state index contributed by atoms with van der Waals surface area (Å²) in [5.74, 6) is -0.241. The number of esters is 1. The first-order chi connectivity index (χ1) is 6.75. The predicted octanol–water partition coefficient (Wildman–Crippen LogP) is 1.98. The third kappa shape index (κ3) is 1.87. The van der Waals surface area contributed by atoms with E-state index in [1.54, 1.807) is 24.3 Å². The molecule has 0 bridgehead atoms. The summed E-state index contributed by atoms with van der Waals surface area (Å²) in [6.45, 7) is 0. The van der Waals surface area contributed by atoms with E-state index in [-0.39, 0.29) is 12.1 Å². The maximum absolute atomic E-state index is 11.5. The first kappa shape index (κ1) is 9.06.